The number of amides is 1. The summed E-state index contributed by atoms with van der Waals surface area (Å²) < 4.78 is 1.05. The molecule has 0 aliphatic carbocycles. The van der Waals surface area contributed by atoms with Gasteiger partial charge >= 0.3 is 0 Å². The molecule has 27 heavy (non-hydrogen) atoms. The van der Waals surface area contributed by atoms with Crippen molar-refractivity contribution in [1.29, 1.82) is 0 Å². The molecule has 2 heterocycles. The molecule has 4 nitrogen and oxygen atoms in total. The third kappa shape index (κ3) is 5.15. The summed E-state index contributed by atoms with van der Waals surface area (Å²) >= 11 is 5.11. The molecule has 2 aromatic heterocycles. The Bertz CT molecular complexity index is 925. The van der Waals surface area contributed by atoms with Gasteiger partial charge < -0.3 is 10.2 Å². The number of rotatable bonds is 8. The van der Waals surface area contributed by atoms with Crippen molar-refractivity contribution in [3.8, 4) is 10.6 Å². The molecule has 3 aromatic rings. The number of likely N-dealkylation sites (N-methyl/N-ethyl adjacent to an activating group) is 1. The lowest BCUT2D eigenvalue weighted by molar-refractivity contribution is 0.0951. The van der Waals surface area contributed by atoms with Gasteiger partial charge in [-0.3, -0.25) is 4.79 Å². The third-order valence-electron chi connectivity index (χ3n) is 4.46. The van der Waals surface area contributed by atoms with Gasteiger partial charge in [0.25, 0.3) is 5.91 Å². The van der Waals surface area contributed by atoms with Gasteiger partial charge in [0, 0.05) is 18.5 Å². The molecule has 1 aromatic carbocycles. The molecule has 0 fully saturated rings. The van der Waals surface area contributed by atoms with Crippen molar-refractivity contribution in [3.05, 3.63) is 51.8 Å². The zero-order valence-corrected chi connectivity index (χ0v) is 18.1. The van der Waals surface area contributed by atoms with Crippen LogP contribution in [0.25, 0.3) is 21.5 Å². The van der Waals surface area contributed by atoms with E-state index >= 15 is 0 Å². The minimum Gasteiger partial charge on any atom is -0.351 e. The van der Waals surface area contributed by atoms with Crippen LogP contribution in [-0.2, 0) is 0 Å². The Morgan fingerprint density at radius 1 is 1.22 bits per heavy atom. The number of hydrogen-bond donors (Lipinski definition) is 1. The molecule has 1 amide bonds. The molecular weight excluding hydrogens is 422 g/mol. The highest BCUT2D eigenvalue weighted by Crippen LogP contribution is 2.32. The highest BCUT2D eigenvalue weighted by Gasteiger charge is 2.14. The normalized spacial score (nSPS) is 11.3. The summed E-state index contributed by atoms with van der Waals surface area (Å²) in [5.74, 6) is -0.0469. The van der Waals surface area contributed by atoms with E-state index in [9.17, 15) is 4.79 Å². The maximum atomic E-state index is 12.9. The number of unbranched alkanes of at least 4 members (excludes halogenated alkanes) is 1. The van der Waals surface area contributed by atoms with Crippen molar-refractivity contribution in [2.45, 2.75) is 19.8 Å². The second-order valence-corrected chi connectivity index (χ2v) is 9.05. The predicted octanol–water partition coefficient (Wildman–Crippen LogP) is 5.19. The van der Waals surface area contributed by atoms with Crippen LogP contribution in [-0.4, -0.2) is 42.5 Å². The van der Waals surface area contributed by atoms with E-state index in [0.29, 0.717) is 12.1 Å². The molecule has 0 spiro atoms. The summed E-state index contributed by atoms with van der Waals surface area (Å²) in [7, 11) is 2.09. The van der Waals surface area contributed by atoms with E-state index in [2.05, 4.69) is 40.1 Å². The first-order valence-corrected chi connectivity index (χ1v) is 10.8. The molecule has 0 unspecified atom stereocenters. The number of para-hydroxylation sites is 1. The molecule has 0 radical (unpaired) electrons. The molecule has 0 bridgehead atoms. The lowest BCUT2D eigenvalue weighted by Gasteiger charge is -2.16. The molecule has 0 saturated carbocycles. The molecule has 1 N–H and O–H groups in total. The summed E-state index contributed by atoms with van der Waals surface area (Å²) in [5.41, 5.74) is 2.34. The van der Waals surface area contributed by atoms with E-state index in [1.165, 1.54) is 12.8 Å². The van der Waals surface area contributed by atoms with Crippen molar-refractivity contribution in [3.63, 3.8) is 0 Å². The van der Waals surface area contributed by atoms with Gasteiger partial charge in [0.1, 0.15) is 0 Å². The number of nitrogens with zero attached hydrogens (tertiary/aromatic N) is 2. The fraction of sp³-hybridized carbons (Fsp3) is 0.333. The summed E-state index contributed by atoms with van der Waals surface area (Å²) in [6.07, 6.45) is 2.36. The Morgan fingerprint density at radius 2 is 2.04 bits per heavy atom. The molecular formula is C21H24BrN3OS. The number of nitrogens with one attached hydrogen (secondary N) is 1. The van der Waals surface area contributed by atoms with Crippen LogP contribution in [0.1, 0.15) is 30.1 Å². The summed E-state index contributed by atoms with van der Waals surface area (Å²) in [5, 5.41) is 3.95. The van der Waals surface area contributed by atoms with Crippen molar-refractivity contribution >= 4 is 44.1 Å². The first-order valence-electron chi connectivity index (χ1n) is 9.20. The summed E-state index contributed by atoms with van der Waals surface area (Å²) in [6.45, 7) is 4.73. The quantitative estimate of drug-likeness (QED) is 0.518. The molecule has 3 rings (SSSR count). The highest BCUT2D eigenvalue weighted by molar-refractivity contribution is 9.11. The number of benzene rings is 1. The van der Waals surface area contributed by atoms with Crippen LogP contribution in [0, 0.1) is 0 Å². The molecule has 0 atom stereocenters. The van der Waals surface area contributed by atoms with E-state index < -0.39 is 0 Å². The summed E-state index contributed by atoms with van der Waals surface area (Å²) in [6, 6.07) is 13.7. The van der Waals surface area contributed by atoms with Gasteiger partial charge in [0.2, 0.25) is 0 Å². The monoisotopic (exact) mass is 445 g/mol. The topological polar surface area (TPSA) is 45.2 Å². The number of carbonyl (C=O) groups excluding carboxylic acids is 1. The van der Waals surface area contributed by atoms with Crippen molar-refractivity contribution in [2.75, 3.05) is 26.7 Å². The third-order valence-corrected chi connectivity index (χ3v) is 6.11. The van der Waals surface area contributed by atoms with Crippen LogP contribution >= 0.6 is 27.3 Å². The number of pyridine rings is 1. The van der Waals surface area contributed by atoms with Gasteiger partial charge in [-0.05, 0) is 60.2 Å². The number of aromatic nitrogens is 1. The largest absolute Gasteiger partial charge is 0.351 e. The minimum atomic E-state index is -0.0469. The molecule has 6 heteroatoms. The number of halogens is 1. The van der Waals surface area contributed by atoms with Crippen LogP contribution in [0.5, 0.6) is 0 Å². The van der Waals surface area contributed by atoms with Crippen molar-refractivity contribution in [2.24, 2.45) is 0 Å². The zero-order chi connectivity index (χ0) is 19.2. The number of thiophene rings is 1. The van der Waals surface area contributed by atoms with Crippen LogP contribution < -0.4 is 5.32 Å². The van der Waals surface area contributed by atoms with Gasteiger partial charge in [-0.25, -0.2) is 4.98 Å². The van der Waals surface area contributed by atoms with E-state index in [-0.39, 0.29) is 5.91 Å². The van der Waals surface area contributed by atoms with Gasteiger partial charge in [-0.2, -0.15) is 0 Å². The minimum absolute atomic E-state index is 0.0469. The average Bonchev–Trinajstić information content (AvgIpc) is 3.11. The Balaban J connectivity index is 1.81. The Hall–Kier alpha value is -1.76. The van der Waals surface area contributed by atoms with Crippen LogP contribution in [0.2, 0.25) is 0 Å². The molecule has 0 aliphatic heterocycles. The van der Waals surface area contributed by atoms with Crippen LogP contribution in [0.3, 0.4) is 0 Å². The first kappa shape index (κ1) is 20.0. The Labute approximate surface area is 172 Å². The van der Waals surface area contributed by atoms with E-state index in [1.807, 2.05) is 42.5 Å². The molecule has 142 valence electrons. The fourth-order valence-corrected chi connectivity index (χ4v) is 4.28. The van der Waals surface area contributed by atoms with Crippen molar-refractivity contribution < 1.29 is 4.79 Å². The Kier molecular flexibility index (Phi) is 6.99. The maximum absolute atomic E-state index is 12.9. The lowest BCUT2D eigenvalue weighted by Crippen LogP contribution is -2.33. The number of fused-ring (bicyclic) bond motifs is 1. The Morgan fingerprint density at radius 3 is 2.78 bits per heavy atom. The van der Waals surface area contributed by atoms with Gasteiger partial charge in [0.15, 0.2) is 0 Å². The predicted molar refractivity (Wildman–Crippen MR) is 117 cm³/mol. The lowest BCUT2D eigenvalue weighted by atomic mass is 10.1. The highest BCUT2D eigenvalue weighted by atomic mass is 79.9. The van der Waals surface area contributed by atoms with Crippen LogP contribution in [0.4, 0.5) is 0 Å². The summed E-state index contributed by atoms with van der Waals surface area (Å²) in [4.78, 5) is 20.9. The smallest absolute Gasteiger partial charge is 0.252 e. The molecule has 0 saturated heterocycles. The zero-order valence-electron chi connectivity index (χ0n) is 15.7. The van der Waals surface area contributed by atoms with Crippen molar-refractivity contribution in [1.82, 2.24) is 15.2 Å². The van der Waals surface area contributed by atoms with E-state index in [4.69, 9.17) is 4.98 Å². The van der Waals surface area contributed by atoms with E-state index in [0.717, 1.165) is 38.3 Å². The van der Waals surface area contributed by atoms with Crippen LogP contribution in [0.15, 0.2) is 46.3 Å². The average molecular weight is 446 g/mol. The SMILES string of the molecule is CCCCN(C)CCNC(=O)c1cc(-c2ccc(Br)s2)nc2ccccc12. The fourth-order valence-electron chi connectivity index (χ4n) is 2.94. The second kappa shape index (κ2) is 9.44. The second-order valence-electron chi connectivity index (χ2n) is 6.59. The first-order chi connectivity index (χ1) is 13.1. The van der Waals surface area contributed by atoms with Gasteiger partial charge in [0.05, 0.1) is 25.4 Å². The standard InChI is InChI=1S/C21H24BrN3OS/c1-3-4-12-25(2)13-11-23-21(26)16-14-18(19-9-10-20(22)27-19)24-17-8-6-5-7-15(16)17/h5-10,14H,3-4,11-13H2,1-2H3,(H,23,26). The van der Waals surface area contributed by atoms with Gasteiger partial charge in [-0.15, -0.1) is 11.3 Å². The molecule has 0 aliphatic rings. The maximum Gasteiger partial charge on any atom is 0.252 e. The number of hydrogen-bond acceptors (Lipinski definition) is 4. The van der Waals surface area contributed by atoms with Gasteiger partial charge in [-0.1, -0.05) is 31.5 Å². The number of carbonyl (C=O) groups is 1. The van der Waals surface area contributed by atoms with E-state index in [1.54, 1.807) is 11.3 Å².